The lowest BCUT2D eigenvalue weighted by Gasteiger charge is -2.10. The molecule has 2 aromatic carbocycles. The lowest BCUT2D eigenvalue weighted by Crippen LogP contribution is -2.07. The molecule has 0 radical (unpaired) electrons. The second-order valence-electron chi connectivity index (χ2n) is 4.60. The maximum Gasteiger partial charge on any atom is 0.207 e. The average molecular weight is 280 g/mol. The van der Waals surface area contributed by atoms with Crippen molar-refractivity contribution in [3.05, 3.63) is 46.2 Å². The molecular weight excluding hydrogens is 268 g/mol. The highest BCUT2D eigenvalue weighted by Gasteiger charge is 2.10. The third-order valence-corrected chi connectivity index (χ3v) is 3.46. The van der Waals surface area contributed by atoms with Crippen molar-refractivity contribution < 1.29 is 9.47 Å². The number of aromatic nitrogens is 1. The zero-order chi connectivity index (χ0) is 15.0. The molecule has 0 bridgehead atoms. The molecular formula is C16H12N2O3. The van der Waals surface area contributed by atoms with Gasteiger partial charge in [-0.2, -0.15) is 5.26 Å². The molecule has 0 fully saturated rings. The van der Waals surface area contributed by atoms with Crippen LogP contribution in [0.5, 0.6) is 11.5 Å². The van der Waals surface area contributed by atoms with Crippen molar-refractivity contribution in [1.82, 2.24) is 4.98 Å². The van der Waals surface area contributed by atoms with Gasteiger partial charge < -0.3 is 14.5 Å². The summed E-state index contributed by atoms with van der Waals surface area (Å²) in [6, 6.07) is 9.16. The van der Waals surface area contributed by atoms with E-state index in [9.17, 15) is 4.79 Å². The van der Waals surface area contributed by atoms with Gasteiger partial charge in [0, 0.05) is 17.1 Å². The second-order valence-corrected chi connectivity index (χ2v) is 4.60. The maximum atomic E-state index is 12.2. The highest BCUT2D eigenvalue weighted by atomic mass is 16.5. The van der Waals surface area contributed by atoms with E-state index in [1.807, 2.05) is 24.3 Å². The van der Waals surface area contributed by atoms with E-state index in [1.165, 1.54) is 6.20 Å². The number of ether oxygens (including phenoxy) is 2. The predicted octanol–water partition coefficient (Wildman–Crippen LogP) is 2.57. The smallest absolute Gasteiger partial charge is 0.207 e. The molecule has 0 saturated heterocycles. The van der Waals surface area contributed by atoms with Crippen molar-refractivity contribution in [3.63, 3.8) is 0 Å². The molecule has 1 heterocycles. The van der Waals surface area contributed by atoms with Gasteiger partial charge in [0.05, 0.1) is 14.2 Å². The first kappa shape index (κ1) is 13.0. The summed E-state index contributed by atoms with van der Waals surface area (Å²) in [6.45, 7) is 0. The number of nitrogens with zero attached hydrogens (tertiary/aromatic N) is 1. The Bertz CT molecular complexity index is 952. The van der Waals surface area contributed by atoms with E-state index < -0.39 is 0 Å². The molecule has 0 unspecified atom stereocenters. The largest absolute Gasteiger partial charge is 0.493 e. The first-order valence-corrected chi connectivity index (χ1v) is 6.29. The van der Waals surface area contributed by atoms with Crippen LogP contribution in [0.1, 0.15) is 5.56 Å². The third kappa shape index (κ3) is 1.98. The third-order valence-electron chi connectivity index (χ3n) is 3.46. The quantitative estimate of drug-likeness (QED) is 0.732. The standard InChI is InChI=1S/C16H12N2O3/c1-20-14-5-9-3-12-13(4-10(9)6-15(14)21-2)18-8-11(7-17)16(12)19/h3-6,8H,1-2H3,(H,18,19). The fourth-order valence-electron chi connectivity index (χ4n) is 2.38. The number of nitriles is 1. The Balaban J connectivity index is 2.41. The normalized spacial score (nSPS) is 10.5. The fourth-order valence-corrected chi connectivity index (χ4v) is 2.38. The van der Waals surface area contributed by atoms with Crippen molar-refractivity contribution in [3.8, 4) is 17.6 Å². The van der Waals surface area contributed by atoms with Crippen molar-refractivity contribution in [2.24, 2.45) is 0 Å². The van der Waals surface area contributed by atoms with Gasteiger partial charge in [0.1, 0.15) is 11.6 Å². The van der Waals surface area contributed by atoms with E-state index in [0.717, 1.165) is 10.8 Å². The lowest BCUT2D eigenvalue weighted by molar-refractivity contribution is 0.356. The molecule has 0 aliphatic heterocycles. The van der Waals surface area contributed by atoms with Crippen LogP contribution >= 0.6 is 0 Å². The number of hydrogen-bond donors (Lipinski definition) is 1. The van der Waals surface area contributed by atoms with Crippen LogP contribution in [0.2, 0.25) is 0 Å². The molecule has 5 heteroatoms. The number of nitrogens with one attached hydrogen (secondary N) is 1. The van der Waals surface area contributed by atoms with Crippen molar-refractivity contribution in [1.29, 1.82) is 5.26 Å². The Hall–Kier alpha value is -3.00. The molecule has 0 aliphatic carbocycles. The molecule has 104 valence electrons. The van der Waals surface area contributed by atoms with Crippen molar-refractivity contribution in [2.75, 3.05) is 14.2 Å². The second kappa shape index (κ2) is 4.84. The molecule has 0 amide bonds. The van der Waals surface area contributed by atoms with Crippen LogP contribution in [0, 0.1) is 11.3 Å². The van der Waals surface area contributed by atoms with Gasteiger partial charge in [-0.1, -0.05) is 0 Å². The van der Waals surface area contributed by atoms with Crippen LogP contribution in [0.25, 0.3) is 21.7 Å². The Kier molecular flexibility index (Phi) is 2.99. The zero-order valence-corrected chi connectivity index (χ0v) is 11.6. The minimum absolute atomic E-state index is 0.0994. The molecule has 3 aromatic rings. The molecule has 21 heavy (non-hydrogen) atoms. The number of hydrogen-bond acceptors (Lipinski definition) is 4. The monoisotopic (exact) mass is 280 g/mol. The number of fused-ring (bicyclic) bond motifs is 2. The van der Waals surface area contributed by atoms with E-state index in [2.05, 4.69) is 4.98 Å². The van der Waals surface area contributed by atoms with Gasteiger partial charge in [-0.15, -0.1) is 0 Å². The molecule has 0 spiro atoms. The summed E-state index contributed by atoms with van der Waals surface area (Å²) in [5, 5.41) is 11.2. The number of H-pyrrole nitrogens is 1. The first-order chi connectivity index (χ1) is 10.2. The van der Waals surface area contributed by atoms with Gasteiger partial charge in [-0.3, -0.25) is 4.79 Å². The highest BCUT2D eigenvalue weighted by Crippen LogP contribution is 2.33. The van der Waals surface area contributed by atoms with Gasteiger partial charge in [0.2, 0.25) is 5.43 Å². The van der Waals surface area contributed by atoms with Gasteiger partial charge in [0.15, 0.2) is 11.5 Å². The number of pyridine rings is 1. The van der Waals surface area contributed by atoms with Crippen molar-refractivity contribution in [2.45, 2.75) is 0 Å². The van der Waals surface area contributed by atoms with Crippen LogP contribution in [0.4, 0.5) is 0 Å². The molecule has 3 rings (SSSR count). The molecule has 0 saturated carbocycles. The average Bonchev–Trinajstić information content (AvgIpc) is 2.52. The maximum absolute atomic E-state index is 12.2. The summed E-state index contributed by atoms with van der Waals surface area (Å²) in [5.74, 6) is 1.22. The molecule has 1 aromatic heterocycles. The first-order valence-electron chi connectivity index (χ1n) is 6.29. The SMILES string of the molecule is COc1cc2cc3[nH]cc(C#N)c(=O)c3cc2cc1OC. The predicted molar refractivity (Wildman–Crippen MR) is 79.9 cm³/mol. The van der Waals surface area contributed by atoms with Gasteiger partial charge in [-0.25, -0.2) is 0 Å². The van der Waals surface area contributed by atoms with E-state index in [-0.39, 0.29) is 11.0 Å². The van der Waals surface area contributed by atoms with E-state index in [0.29, 0.717) is 22.4 Å². The van der Waals surface area contributed by atoms with E-state index in [1.54, 1.807) is 20.3 Å². The Morgan fingerprint density at radius 2 is 1.67 bits per heavy atom. The Morgan fingerprint density at radius 1 is 1.05 bits per heavy atom. The van der Waals surface area contributed by atoms with Gasteiger partial charge >= 0.3 is 0 Å². The zero-order valence-electron chi connectivity index (χ0n) is 11.6. The Morgan fingerprint density at radius 3 is 2.24 bits per heavy atom. The molecule has 0 atom stereocenters. The number of methoxy groups -OCH3 is 2. The summed E-state index contributed by atoms with van der Waals surface area (Å²) in [4.78, 5) is 15.2. The van der Waals surface area contributed by atoms with Crippen LogP contribution in [0.3, 0.4) is 0 Å². The summed E-state index contributed by atoms with van der Waals surface area (Å²) in [6.07, 6.45) is 1.43. The minimum atomic E-state index is -0.275. The van der Waals surface area contributed by atoms with Crippen LogP contribution in [-0.2, 0) is 0 Å². The van der Waals surface area contributed by atoms with Crippen LogP contribution in [-0.4, -0.2) is 19.2 Å². The van der Waals surface area contributed by atoms with Gasteiger partial charge in [0.25, 0.3) is 0 Å². The number of aromatic amines is 1. The molecule has 0 aliphatic rings. The summed E-state index contributed by atoms with van der Waals surface area (Å²) in [5.41, 5.74) is 0.504. The Labute approximate surface area is 120 Å². The summed E-state index contributed by atoms with van der Waals surface area (Å²) in [7, 11) is 3.14. The number of rotatable bonds is 2. The molecule has 5 nitrogen and oxygen atoms in total. The van der Waals surface area contributed by atoms with Crippen LogP contribution in [0.15, 0.2) is 35.3 Å². The highest BCUT2D eigenvalue weighted by molar-refractivity contribution is 5.98. The summed E-state index contributed by atoms with van der Waals surface area (Å²) >= 11 is 0. The lowest BCUT2D eigenvalue weighted by atomic mass is 10.0. The summed E-state index contributed by atoms with van der Waals surface area (Å²) < 4.78 is 10.5. The topological polar surface area (TPSA) is 75.1 Å². The van der Waals surface area contributed by atoms with Gasteiger partial charge in [-0.05, 0) is 35.0 Å². The number of benzene rings is 2. The fraction of sp³-hybridized carbons (Fsp3) is 0.125. The minimum Gasteiger partial charge on any atom is -0.493 e. The van der Waals surface area contributed by atoms with E-state index in [4.69, 9.17) is 14.7 Å². The van der Waals surface area contributed by atoms with Crippen molar-refractivity contribution >= 4 is 21.7 Å². The van der Waals surface area contributed by atoms with E-state index >= 15 is 0 Å². The molecule has 1 N–H and O–H groups in total. The van der Waals surface area contributed by atoms with Crippen LogP contribution < -0.4 is 14.9 Å².